The van der Waals surface area contributed by atoms with Crippen molar-refractivity contribution in [3.8, 4) is 11.5 Å². The highest BCUT2D eigenvalue weighted by atomic mass is 16.3. The van der Waals surface area contributed by atoms with Crippen LogP contribution in [0.3, 0.4) is 0 Å². The standard InChI is InChI=1S/C18H21N3O2/c1-21(2)16-7-8-18(23)15(11-16)13-20-10-9-19-12-14-5-3-4-6-17(14)22/h3-8,11-13,22-23H,9-10H2,1-2H3. The van der Waals surface area contributed by atoms with E-state index in [0.29, 0.717) is 24.2 Å². The van der Waals surface area contributed by atoms with E-state index in [1.165, 1.54) is 0 Å². The monoisotopic (exact) mass is 311 g/mol. The molecule has 23 heavy (non-hydrogen) atoms. The Morgan fingerprint density at radius 2 is 1.48 bits per heavy atom. The Morgan fingerprint density at radius 1 is 0.870 bits per heavy atom. The van der Waals surface area contributed by atoms with Gasteiger partial charge in [0.15, 0.2) is 0 Å². The fourth-order valence-corrected chi connectivity index (χ4v) is 1.96. The smallest absolute Gasteiger partial charge is 0.124 e. The van der Waals surface area contributed by atoms with Gasteiger partial charge in [0.25, 0.3) is 0 Å². The van der Waals surface area contributed by atoms with Gasteiger partial charge in [-0.3, -0.25) is 9.98 Å². The Morgan fingerprint density at radius 3 is 2.13 bits per heavy atom. The molecule has 2 aromatic rings. The molecule has 0 bridgehead atoms. The molecule has 0 aliphatic carbocycles. The van der Waals surface area contributed by atoms with Crippen LogP contribution >= 0.6 is 0 Å². The van der Waals surface area contributed by atoms with Crippen LogP contribution in [0.25, 0.3) is 0 Å². The van der Waals surface area contributed by atoms with Crippen molar-refractivity contribution in [1.29, 1.82) is 0 Å². The average molecular weight is 311 g/mol. The van der Waals surface area contributed by atoms with Crippen LogP contribution < -0.4 is 4.90 Å². The first-order chi connectivity index (χ1) is 11.1. The lowest BCUT2D eigenvalue weighted by atomic mass is 10.2. The molecule has 120 valence electrons. The first-order valence-corrected chi connectivity index (χ1v) is 7.36. The summed E-state index contributed by atoms with van der Waals surface area (Å²) in [5.74, 6) is 0.419. The minimum Gasteiger partial charge on any atom is -0.507 e. The van der Waals surface area contributed by atoms with E-state index >= 15 is 0 Å². The largest absolute Gasteiger partial charge is 0.507 e. The number of aromatic hydroxyl groups is 2. The summed E-state index contributed by atoms with van der Waals surface area (Å²) in [4.78, 5) is 10.5. The molecule has 0 unspecified atom stereocenters. The third kappa shape index (κ3) is 4.85. The number of hydrogen-bond acceptors (Lipinski definition) is 5. The summed E-state index contributed by atoms with van der Waals surface area (Å²) in [5.41, 5.74) is 2.37. The van der Waals surface area contributed by atoms with E-state index in [2.05, 4.69) is 9.98 Å². The summed E-state index contributed by atoms with van der Waals surface area (Å²) in [7, 11) is 3.89. The van der Waals surface area contributed by atoms with E-state index in [1.807, 2.05) is 37.2 Å². The maximum atomic E-state index is 9.83. The average Bonchev–Trinajstić information content (AvgIpc) is 2.53. The fourth-order valence-electron chi connectivity index (χ4n) is 1.96. The van der Waals surface area contributed by atoms with Crippen LogP contribution in [0.1, 0.15) is 11.1 Å². The predicted molar refractivity (Wildman–Crippen MR) is 95.5 cm³/mol. The normalized spacial score (nSPS) is 11.4. The third-order valence-corrected chi connectivity index (χ3v) is 3.28. The van der Waals surface area contributed by atoms with Crippen molar-refractivity contribution in [3.63, 3.8) is 0 Å². The minimum absolute atomic E-state index is 0.206. The molecule has 2 aromatic carbocycles. The molecule has 2 rings (SSSR count). The van der Waals surface area contributed by atoms with Gasteiger partial charge >= 0.3 is 0 Å². The molecule has 2 N–H and O–H groups in total. The maximum Gasteiger partial charge on any atom is 0.124 e. The third-order valence-electron chi connectivity index (χ3n) is 3.28. The summed E-state index contributed by atoms with van der Waals surface area (Å²) >= 11 is 0. The van der Waals surface area contributed by atoms with Crippen LogP contribution in [0, 0.1) is 0 Å². The zero-order valence-electron chi connectivity index (χ0n) is 13.3. The van der Waals surface area contributed by atoms with E-state index in [9.17, 15) is 10.2 Å². The number of aliphatic imine (C=N–C) groups is 2. The van der Waals surface area contributed by atoms with E-state index in [0.717, 1.165) is 5.69 Å². The molecular weight excluding hydrogens is 290 g/mol. The summed E-state index contributed by atoms with van der Waals surface area (Å²) in [5, 5.41) is 19.4. The summed E-state index contributed by atoms with van der Waals surface area (Å²) in [6.07, 6.45) is 3.28. The van der Waals surface area contributed by atoms with E-state index < -0.39 is 0 Å². The van der Waals surface area contributed by atoms with Gasteiger partial charge in [0.2, 0.25) is 0 Å². The van der Waals surface area contributed by atoms with Crippen LogP contribution in [0.2, 0.25) is 0 Å². The predicted octanol–water partition coefficient (Wildman–Crippen LogP) is 2.70. The number of benzene rings is 2. The number of phenolic OH excluding ortho intramolecular Hbond substituents is 2. The number of para-hydroxylation sites is 1. The lowest BCUT2D eigenvalue weighted by Gasteiger charge is -2.13. The van der Waals surface area contributed by atoms with E-state index in [4.69, 9.17) is 0 Å². The highest BCUT2D eigenvalue weighted by molar-refractivity contribution is 5.85. The first-order valence-electron chi connectivity index (χ1n) is 7.36. The lowest BCUT2D eigenvalue weighted by molar-refractivity contribution is 0.474. The van der Waals surface area contributed by atoms with Gasteiger partial charge in [-0.2, -0.15) is 0 Å². The highest BCUT2D eigenvalue weighted by Gasteiger charge is 2.01. The van der Waals surface area contributed by atoms with Gasteiger partial charge in [0.05, 0.1) is 13.1 Å². The summed E-state index contributed by atoms with van der Waals surface area (Å²) in [6.45, 7) is 1.02. The zero-order valence-corrected chi connectivity index (χ0v) is 13.3. The van der Waals surface area contributed by atoms with E-state index in [1.54, 1.807) is 36.7 Å². The Balaban J connectivity index is 1.90. The molecular formula is C18H21N3O2. The highest BCUT2D eigenvalue weighted by Crippen LogP contribution is 2.21. The van der Waals surface area contributed by atoms with Crippen LogP contribution in [0.5, 0.6) is 11.5 Å². The SMILES string of the molecule is CN(C)c1ccc(O)c(C=NCCN=Cc2ccccc2O)c1. The number of nitrogens with zero attached hydrogens (tertiary/aromatic N) is 3. The van der Waals surface area contributed by atoms with Crippen LogP contribution in [0.15, 0.2) is 52.4 Å². The molecule has 0 saturated heterocycles. The van der Waals surface area contributed by atoms with E-state index in [-0.39, 0.29) is 11.5 Å². The van der Waals surface area contributed by atoms with Crippen molar-refractivity contribution in [2.45, 2.75) is 0 Å². The molecule has 0 saturated carbocycles. The summed E-state index contributed by atoms with van der Waals surface area (Å²) < 4.78 is 0. The van der Waals surface area contributed by atoms with Gasteiger partial charge in [-0.1, -0.05) is 12.1 Å². The molecule has 5 heteroatoms. The molecule has 0 aliphatic rings. The molecule has 0 spiro atoms. The number of hydrogen-bond donors (Lipinski definition) is 2. The van der Waals surface area contributed by atoms with Gasteiger partial charge in [-0.15, -0.1) is 0 Å². The summed E-state index contributed by atoms with van der Waals surface area (Å²) in [6, 6.07) is 12.4. The molecule has 0 amide bonds. The first kappa shape index (κ1) is 16.5. The second-order valence-corrected chi connectivity index (χ2v) is 5.27. The van der Waals surface area contributed by atoms with Gasteiger partial charge in [-0.25, -0.2) is 0 Å². The quantitative estimate of drug-likeness (QED) is 0.636. The molecule has 0 heterocycles. The lowest BCUT2D eigenvalue weighted by Crippen LogP contribution is -2.08. The van der Waals surface area contributed by atoms with Crippen molar-refractivity contribution < 1.29 is 10.2 Å². The second-order valence-electron chi connectivity index (χ2n) is 5.27. The maximum absolute atomic E-state index is 9.83. The molecule has 0 fully saturated rings. The molecule has 0 atom stereocenters. The Hall–Kier alpha value is -2.82. The van der Waals surface area contributed by atoms with Crippen molar-refractivity contribution in [2.75, 3.05) is 32.1 Å². The molecule has 5 nitrogen and oxygen atoms in total. The van der Waals surface area contributed by atoms with Crippen LogP contribution in [-0.4, -0.2) is 49.8 Å². The minimum atomic E-state index is 0.206. The van der Waals surface area contributed by atoms with Crippen LogP contribution in [-0.2, 0) is 0 Å². The number of phenols is 2. The van der Waals surface area contributed by atoms with Crippen molar-refractivity contribution >= 4 is 18.1 Å². The molecule has 0 aliphatic heterocycles. The molecule has 0 aromatic heterocycles. The van der Waals surface area contributed by atoms with Crippen molar-refractivity contribution in [3.05, 3.63) is 53.6 Å². The Labute approximate surface area is 136 Å². The van der Waals surface area contributed by atoms with Crippen LogP contribution in [0.4, 0.5) is 5.69 Å². The van der Waals surface area contributed by atoms with Gasteiger partial charge in [-0.05, 0) is 30.3 Å². The zero-order chi connectivity index (χ0) is 16.7. The second kappa shape index (κ2) is 7.98. The fraction of sp³-hybridized carbons (Fsp3) is 0.222. The topological polar surface area (TPSA) is 68.4 Å². The van der Waals surface area contributed by atoms with Gasteiger partial charge < -0.3 is 15.1 Å². The van der Waals surface area contributed by atoms with Gasteiger partial charge in [0.1, 0.15) is 11.5 Å². The molecule has 0 radical (unpaired) electrons. The Bertz CT molecular complexity index is 709. The Kier molecular flexibility index (Phi) is 5.74. The van der Waals surface area contributed by atoms with Crippen molar-refractivity contribution in [2.24, 2.45) is 9.98 Å². The number of rotatable bonds is 6. The van der Waals surface area contributed by atoms with Crippen molar-refractivity contribution in [1.82, 2.24) is 0 Å². The van der Waals surface area contributed by atoms with Gasteiger partial charge in [0, 0.05) is 43.3 Å². The number of anilines is 1.